The van der Waals surface area contributed by atoms with E-state index in [2.05, 4.69) is 46.8 Å². The molecule has 0 aliphatic carbocycles. The second kappa shape index (κ2) is 8.80. The quantitative estimate of drug-likeness (QED) is 0.845. The van der Waals surface area contributed by atoms with Crippen LogP contribution in [0, 0.1) is 6.92 Å². The van der Waals surface area contributed by atoms with E-state index in [-0.39, 0.29) is 18.0 Å². The zero-order chi connectivity index (χ0) is 18.5. The fraction of sp³-hybridized carbons (Fsp3) is 0.476. The van der Waals surface area contributed by atoms with Crippen molar-refractivity contribution in [1.29, 1.82) is 0 Å². The van der Waals surface area contributed by atoms with E-state index < -0.39 is 0 Å². The molecule has 5 heteroatoms. The van der Waals surface area contributed by atoms with Crippen LogP contribution in [0.2, 0.25) is 0 Å². The van der Waals surface area contributed by atoms with Crippen molar-refractivity contribution < 1.29 is 4.79 Å². The van der Waals surface area contributed by atoms with Gasteiger partial charge in [-0.1, -0.05) is 30.3 Å². The van der Waals surface area contributed by atoms with Gasteiger partial charge in [0.15, 0.2) is 0 Å². The lowest BCUT2D eigenvalue weighted by molar-refractivity contribution is -0.126. The van der Waals surface area contributed by atoms with Crippen LogP contribution in [0.5, 0.6) is 0 Å². The average molecular weight is 372 g/mol. The van der Waals surface area contributed by atoms with Crippen molar-refractivity contribution >= 4 is 17.2 Å². The minimum atomic E-state index is -0.236. The predicted octanol–water partition coefficient (Wildman–Crippen LogP) is 3.44. The van der Waals surface area contributed by atoms with E-state index in [9.17, 15) is 4.79 Å². The summed E-state index contributed by atoms with van der Waals surface area (Å²) in [5.74, 6) is 0.112. The van der Waals surface area contributed by atoms with Crippen molar-refractivity contribution in [3.05, 3.63) is 57.8 Å². The topological polar surface area (TPSA) is 35.6 Å². The number of benzene rings is 1. The van der Waals surface area contributed by atoms with E-state index in [4.69, 9.17) is 0 Å². The molecule has 1 aliphatic heterocycles. The predicted molar refractivity (Wildman–Crippen MR) is 108 cm³/mol. The fourth-order valence-electron chi connectivity index (χ4n) is 3.69. The van der Waals surface area contributed by atoms with Crippen molar-refractivity contribution in [1.82, 2.24) is 15.1 Å². The molecule has 2 heterocycles. The van der Waals surface area contributed by atoms with E-state index in [1.807, 2.05) is 42.5 Å². The van der Waals surface area contributed by atoms with Crippen molar-refractivity contribution in [3.8, 4) is 0 Å². The highest BCUT2D eigenvalue weighted by atomic mass is 32.1. The van der Waals surface area contributed by atoms with Gasteiger partial charge in [0.2, 0.25) is 5.91 Å². The van der Waals surface area contributed by atoms with E-state index in [0.717, 1.165) is 43.6 Å². The lowest BCUT2D eigenvalue weighted by atomic mass is 9.98. The lowest BCUT2D eigenvalue weighted by Gasteiger charge is -2.34. The summed E-state index contributed by atoms with van der Waals surface area (Å²) in [6, 6.07) is 12.5. The molecule has 26 heavy (non-hydrogen) atoms. The number of thiophene rings is 1. The summed E-state index contributed by atoms with van der Waals surface area (Å²) in [5.41, 5.74) is 2.25. The Balaban J connectivity index is 1.56. The number of aryl methyl sites for hydroxylation is 1. The number of amides is 1. The molecule has 1 aromatic heterocycles. The molecule has 1 amide bonds. The lowest BCUT2D eigenvalue weighted by Crippen LogP contribution is -2.47. The molecule has 1 aromatic carbocycles. The van der Waals surface area contributed by atoms with E-state index in [1.54, 1.807) is 0 Å². The number of nitrogens with zero attached hydrogens (tertiary/aromatic N) is 2. The Hall–Kier alpha value is -1.69. The Bertz CT molecular complexity index is 706. The summed E-state index contributed by atoms with van der Waals surface area (Å²) in [6.07, 6.45) is 2.04. The number of carbonyl (C=O) groups is 1. The molecule has 1 fully saturated rings. The minimum absolute atomic E-state index is 0.112. The molecule has 1 saturated heterocycles. The Morgan fingerprint density at radius 2 is 1.96 bits per heavy atom. The molecule has 0 radical (unpaired) electrons. The fourth-order valence-corrected chi connectivity index (χ4v) is 4.43. The molecule has 1 unspecified atom stereocenters. The third-order valence-electron chi connectivity index (χ3n) is 5.14. The Morgan fingerprint density at radius 1 is 1.23 bits per heavy atom. The smallest absolute Gasteiger partial charge is 0.242 e. The Kier molecular flexibility index (Phi) is 6.46. The number of likely N-dealkylation sites (N-methyl/N-ethyl adjacent to an activating group) is 1. The van der Waals surface area contributed by atoms with Gasteiger partial charge in [-0.05, 0) is 56.4 Å². The molecule has 0 spiro atoms. The van der Waals surface area contributed by atoms with Gasteiger partial charge in [0.05, 0.1) is 0 Å². The molecule has 4 nitrogen and oxygen atoms in total. The Morgan fingerprint density at radius 3 is 2.58 bits per heavy atom. The van der Waals surface area contributed by atoms with Gasteiger partial charge in [-0.2, -0.15) is 0 Å². The molecule has 1 aliphatic rings. The number of hydrogen-bond acceptors (Lipinski definition) is 4. The molecular weight excluding hydrogens is 342 g/mol. The maximum atomic E-state index is 13.0. The molecule has 1 atom stereocenters. The molecule has 0 saturated carbocycles. The van der Waals surface area contributed by atoms with Crippen LogP contribution in [-0.2, 0) is 11.3 Å². The first-order chi connectivity index (χ1) is 12.5. The van der Waals surface area contributed by atoms with Crippen LogP contribution in [-0.4, -0.2) is 48.9 Å². The second-order valence-electron chi connectivity index (χ2n) is 7.36. The molecule has 2 aromatic rings. The zero-order valence-electron chi connectivity index (χ0n) is 15.9. The standard InChI is InChI=1S/C21H29N3OS/c1-16-7-4-5-9-19(16)20(23(2)3)21(25)22-17-10-12-24(13-11-17)15-18-8-6-14-26-18/h4-9,14,17,20H,10-13,15H2,1-3H3,(H,22,25). The molecule has 1 N–H and O–H groups in total. The van der Waals surface area contributed by atoms with Crippen LogP contribution >= 0.6 is 11.3 Å². The second-order valence-corrected chi connectivity index (χ2v) is 8.39. The van der Waals surface area contributed by atoms with Crippen LogP contribution in [0.15, 0.2) is 41.8 Å². The highest BCUT2D eigenvalue weighted by Crippen LogP contribution is 2.23. The van der Waals surface area contributed by atoms with Crippen LogP contribution in [0.25, 0.3) is 0 Å². The first kappa shape index (κ1) is 19.1. The highest BCUT2D eigenvalue weighted by Gasteiger charge is 2.28. The van der Waals surface area contributed by atoms with E-state index >= 15 is 0 Å². The number of carbonyl (C=O) groups excluding carboxylic acids is 1. The number of rotatable bonds is 6. The minimum Gasteiger partial charge on any atom is -0.352 e. The molecule has 3 rings (SSSR count). The summed E-state index contributed by atoms with van der Waals surface area (Å²) in [4.78, 5) is 18.9. The van der Waals surface area contributed by atoms with Crippen LogP contribution < -0.4 is 5.32 Å². The van der Waals surface area contributed by atoms with Crippen LogP contribution in [0.1, 0.15) is 34.9 Å². The van der Waals surface area contributed by atoms with Crippen molar-refractivity contribution in [3.63, 3.8) is 0 Å². The van der Waals surface area contributed by atoms with Gasteiger partial charge in [-0.3, -0.25) is 14.6 Å². The average Bonchev–Trinajstić information content (AvgIpc) is 3.11. The third-order valence-corrected chi connectivity index (χ3v) is 6.00. The summed E-state index contributed by atoms with van der Waals surface area (Å²) < 4.78 is 0. The number of nitrogens with one attached hydrogen (secondary N) is 1. The zero-order valence-corrected chi connectivity index (χ0v) is 16.8. The SMILES string of the molecule is Cc1ccccc1C(C(=O)NC1CCN(Cc2cccs2)CC1)N(C)C. The first-order valence-electron chi connectivity index (χ1n) is 9.31. The summed E-state index contributed by atoms with van der Waals surface area (Å²) >= 11 is 1.82. The number of piperidine rings is 1. The van der Waals surface area contributed by atoms with E-state index in [0.29, 0.717) is 0 Å². The first-order valence-corrected chi connectivity index (χ1v) is 10.2. The van der Waals surface area contributed by atoms with Gasteiger partial charge in [0.1, 0.15) is 6.04 Å². The molecule has 0 bridgehead atoms. The summed E-state index contributed by atoms with van der Waals surface area (Å²) in [6.45, 7) is 5.18. The highest BCUT2D eigenvalue weighted by molar-refractivity contribution is 7.09. The van der Waals surface area contributed by atoms with Gasteiger partial charge < -0.3 is 5.32 Å². The maximum Gasteiger partial charge on any atom is 0.242 e. The van der Waals surface area contributed by atoms with Gasteiger partial charge in [0.25, 0.3) is 0 Å². The normalized spacial score (nSPS) is 17.4. The monoisotopic (exact) mass is 371 g/mol. The largest absolute Gasteiger partial charge is 0.352 e. The molecule has 140 valence electrons. The van der Waals surface area contributed by atoms with Crippen LogP contribution in [0.3, 0.4) is 0 Å². The van der Waals surface area contributed by atoms with Crippen LogP contribution in [0.4, 0.5) is 0 Å². The maximum absolute atomic E-state index is 13.0. The van der Waals surface area contributed by atoms with E-state index in [1.165, 1.54) is 4.88 Å². The number of likely N-dealkylation sites (tertiary alicyclic amines) is 1. The Labute approximate surface area is 160 Å². The van der Waals surface area contributed by atoms with Gasteiger partial charge in [-0.25, -0.2) is 0 Å². The molecular formula is C21H29N3OS. The van der Waals surface area contributed by atoms with Gasteiger partial charge in [-0.15, -0.1) is 11.3 Å². The van der Waals surface area contributed by atoms with Gasteiger partial charge in [0, 0.05) is 30.6 Å². The number of hydrogen-bond donors (Lipinski definition) is 1. The van der Waals surface area contributed by atoms with Gasteiger partial charge >= 0.3 is 0 Å². The van der Waals surface area contributed by atoms with Crippen molar-refractivity contribution in [2.24, 2.45) is 0 Å². The summed E-state index contributed by atoms with van der Waals surface area (Å²) in [7, 11) is 3.95. The summed E-state index contributed by atoms with van der Waals surface area (Å²) in [5, 5.41) is 5.43. The third kappa shape index (κ3) is 4.72. The van der Waals surface area contributed by atoms with Crippen molar-refractivity contribution in [2.75, 3.05) is 27.2 Å². The van der Waals surface area contributed by atoms with Crippen molar-refractivity contribution in [2.45, 2.75) is 38.4 Å².